The molecule has 2 aliphatic rings. The van der Waals surface area contributed by atoms with Crippen molar-refractivity contribution >= 4 is 72.8 Å². The molecule has 228 valence electrons. The van der Waals surface area contributed by atoms with E-state index in [-0.39, 0.29) is 0 Å². The lowest BCUT2D eigenvalue weighted by atomic mass is 9.87. The zero-order valence-electron chi connectivity index (χ0n) is 26.5. The third-order valence-electron chi connectivity index (χ3n) is 10.1. The van der Waals surface area contributed by atoms with E-state index in [0.29, 0.717) is 0 Å². The Labute approximate surface area is 278 Å². The number of aryl methyl sites for hydroxylation is 1. The first-order valence-corrected chi connectivity index (χ1v) is 16.5. The molecule has 0 unspecified atom stereocenters. The predicted octanol–water partition coefficient (Wildman–Crippen LogP) is 10.8. The second-order valence-electron chi connectivity index (χ2n) is 12.6. The molecule has 0 saturated heterocycles. The van der Waals surface area contributed by atoms with Crippen molar-refractivity contribution in [1.29, 1.82) is 0 Å². The van der Waals surface area contributed by atoms with Crippen molar-refractivity contribution in [2.24, 2.45) is 0 Å². The largest absolute Gasteiger partial charge is 0.341 e. The van der Waals surface area contributed by atoms with E-state index in [9.17, 15) is 0 Å². The minimum absolute atomic E-state index is 0.922. The van der Waals surface area contributed by atoms with Crippen LogP contribution in [0.2, 0.25) is 0 Å². The van der Waals surface area contributed by atoms with Gasteiger partial charge in [-0.1, -0.05) is 66.7 Å². The van der Waals surface area contributed by atoms with Crippen LogP contribution in [0.15, 0.2) is 140 Å². The maximum Gasteiger partial charge on any atom is 0.0956 e. The summed E-state index contributed by atoms with van der Waals surface area (Å²) in [5.74, 6) is 0. The van der Waals surface area contributed by atoms with Crippen molar-refractivity contribution in [3.63, 3.8) is 0 Å². The number of rotatable bonds is 3. The fourth-order valence-corrected chi connectivity index (χ4v) is 8.06. The van der Waals surface area contributed by atoms with E-state index in [1.165, 1.54) is 39.0 Å². The lowest BCUT2D eigenvalue weighted by Crippen LogP contribution is -2.24. The SMILES string of the molecule is CN1c2ccccc2N(c2c3cccnc3c(C3=Cc4c(c5ccccc5n4-c4ccccc4)CC3)c3cccnc23)c2ccccc21. The molecule has 5 aromatic carbocycles. The Hall–Kier alpha value is -6.20. The molecule has 5 heteroatoms. The number of anilines is 5. The number of aromatic nitrogens is 3. The summed E-state index contributed by atoms with van der Waals surface area (Å²) >= 11 is 0. The molecule has 0 bridgehead atoms. The van der Waals surface area contributed by atoms with Gasteiger partial charge in [0, 0.05) is 46.9 Å². The van der Waals surface area contributed by atoms with Crippen LogP contribution in [0.4, 0.5) is 28.4 Å². The number of fused-ring (bicyclic) bond motifs is 7. The van der Waals surface area contributed by atoms with Gasteiger partial charge in [-0.15, -0.1) is 0 Å². The highest BCUT2D eigenvalue weighted by Gasteiger charge is 2.32. The summed E-state index contributed by atoms with van der Waals surface area (Å²) in [5.41, 5.74) is 15.1. The molecule has 0 radical (unpaired) electrons. The van der Waals surface area contributed by atoms with Gasteiger partial charge in [-0.2, -0.15) is 0 Å². The van der Waals surface area contributed by atoms with Gasteiger partial charge in [0.05, 0.1) is 50.7 Å². The maximum atomic E-state index is 5.16. The van der Waals surface area contributed by atoms with E-state index in [1.807, 2.05) is 12.4 Å². The van der Waals surface area contributed by atoms with Crippen molar-refractivity contribution in [2.75, 3.05) is 16.8 Å². The summed E-state index contributed by atoms with van der Waals surface area (Å²) in [5, 5.41) is 3.52. The first-order chi connectivity index (χ1) is 23.8. The average Bonchev–Trinajstić information content (AvgIpc) is 3.48. The van der Waals surface area contributed by atoms with Crippen LogP contribution in [0, 0.1) is 0 Å². The predicted molar refractivity (Wildman–Crippen MR) is 199 cm³/mol. The number of para-hydroxylation sites is 6. The van der Waals surface area contributed by atoms with Crippen molar-refractivity contribution in [3.8, 4) is 5.69 Å². The molecule has 0 atom stereocenters. The molecule has 5 nitrogen and oxygen atoms in total. The second-order valence-corrected chi connectivity index (χ2v) is 12.6. The smallest absolute Gasteiger partial charge is 0.0956 e. The lowest BCUT2D eigenvalue weighted by molar-refractivity contribution is 0.982. The lowest BCUT2D eigenvalue weighted by Gasteiger charge is -2.39. The van der Waals surface area contributed by atoms with E-state index in [2.05, 4.69) is 155 Å². The van der Waals surface area contributed by atoms with E-state index < -0.39 is 0 Å². The normalized spacial score (nSPS) is 13.8. The summed E-state index contributed by atoms with van der Waals surface area (Å²) in [6.45, 7) is 0. The fraction of sp³-hybridized carbons (Fsp3) is 0.0698. The quantitative estimate of drug-likeness (QED) is 0.185. The molecule has 0 N–H and O–H groups in total. The molecule has 0 amide bonds. The van der Waals surface area contributed by atoms with Crippen molar-refractivity contribution in [1.82, 2.24) is 14.5 Å². The molecule has 1 aliphatic heterocycles. The molecule has 0 fully saturated rings. The monoisotopic (exact) mass is 617 g/mol. The molecule has 4 heterocycles. The maximum absolute atomic E-state index is 5.16. The zero-order chi connectivity index (χ0) is 31.8. The van der Waals surface area contributed by atoms with Gasteiger partial charge in [-0.25, -0.2) is 0 Å². The zero-order valence-corrected chi connectivity index (χ0v) is 26.5. The van der Waals surface area contributed by atoms with Crippen molar-refractivity contribution in [3.05, 3.63) is 157 Å². The third kappa shape index (κ3) is 3.79. The third-order valence-corrected chi connectivity index (χ3v) is 10.1. The Bertz CT molecular complexity index is 2490. The van der Waals surface area contributed by atoms with Gasteiger partial charge in [0.15, 0.2) is 0 Å². The Kier molecular flexibility index (Phi) is 5.85. The van der Waals surface area contributed by atoms with Crippen LogP contribution >= 0.6 is 0 Å². The van der Waals surface area contributed by atoms with Gasteiger partial charge in [-0.3, -0.25) is 9.97 Å². The Morgan fingerprint density at radius 1 is 0.542 bits per heavy atom. The molecule has 0 saturated carbocycles. The van der Waals surface area contributed by atoms with Gasteiger partial charge in [0.25, 0.3) is 0 Å². The Morgan fingerprint density at radius 2 is 1.15 bits per heavy atom. The van der Waals surface area contributed by atoms with Gasteiger partial charge in [0.2, 0.25) is 0 Å². The molecular weight excluding hydrogens is 587 g/mol. The summed E-state index contributed by atoms with van der Waals surface area (Å²) in [7, 11) is 2.15. The standard InChI is InChI=1S/C43H31N5/c1-46-35-19-7-9-21-37(35)48(38-22-10-8-20-36(38)46)43-33-17-12-25-44-41(33)40(32-16-11-26-45-42(32)43)28-23-24-31-30-15-5-6-18-34(30)47(39(31)27-28)29-13-3-2-4-14-29/h2-22,25-27H,23-24H2,1H3. The molecule has 48 heavy (non-hydrogen) atoms. The van der Waals surface area contributed by atoms with Crippen LogP contribution in [0.25, 0.3) is 50.0 Å². The Morgan fingerprint density at radius 3 is 1.90 bits per heavy atom. The molecule has 0 spiro atoms. The van der Waals surface area contributed by atoms with Gasteiger partial charge < -0.3 is 14.4 Å². The number of benzene rings is 5. The molecule has 10 rings (SSSR count). The highest BCUT2D eigenvalue weighted by molar-refractivity contribution is 6.20. The van der Waals surface area contributed by atoms with E-state index in [0.717, 1.165) is 63.1 Å². The van der Waals surface area contributed by atoms with Crippen LogP contribution < -0.4 is 9.80 Å². The highest BCUT2D eigenvalue weighted by atomic mass is 15.3. The summed E-state index contributed by atoms with van der Waals surface area (Å²) in [6, 6.07) is 45.3. The minimum Gasteiger partial charge on any atom is -0.341 e. The molecular formula is C43H31N5. The Balaban J connectivity index is 1.28. The fourth-order valence-electron chi connectivity index (χ4n) is 8.06. The van der Waals surface area contributed by atoms with E-state index in [1.54, 1.807) is 0 Å². The first kappa shape index (κ1) is 27.0. The van der Waals surface area contributed by atoms with Crippen LogP contribution in [-0.2, 0) is 6.42 Å². The number of hydrogen-bond acceptors (Lipinski definition) is 4. The molecule has 8 aromatic rings. The topological polar surface area (TPSA) is 37.2 Å². The van der Waals surface area contributed by atoms with Crippen LogP contribution in [0.1, 0.15) is 23.2 Å². The average molecular weight is 618 g/mol. The van der Waals surface area contributed by atoms with Crippen molar-refractivity contribution < 1.29 is 0 Å². The van der Waals surface area contributed by atoms with Crippen LogP contribution in [0.3, 0.4) is 0 Å². The van der Waals surface area contributed by atoms with Crippen LogP contribution in [-0.4, -0.2) is 21.6 Å². The summed E-state index contributed by atoms with van der Waals surface area (Å²) in [4.78, 5) is 15.0. The highest BCUT2D eigenvalue weighted by Crippen LogP contribution is 2.54. The van der Waals surface area contributed by atoms with Gasteiger partial charge in [0.1, 0.15) is 0 Å². The first-order valence-electron chi connectivity index (χ1n) is 16.5. The van der Waals surface area contributed by atoms with Crippen molar-refractivity contribution in [2.45, 2.75) is 12.8 Å². The van der Waals surface area contributed by atoms with Crippen LogP contribution in [0.5, 0.6) is 0 Å². The minimum atomic E-state index is 0.922. The second kappa shape index (κ2) is 10.4. The number of pyridine rings is 2. The van der Waals surface area contributed by atoms with Gasteiger partial charge >= 0.3 is 0 Å². The number of hydrogen-bond donors (Lipinski definition) is 0. The summed E-state index contributed by atoms with van der Waals surface area (Å²) in [6.07, 6.45) is 8.15. The number of allylic oxidation sites excluding steroid dienone is 1. The van der Waals surface area contributed by atoms with E-state index >= 15 is 0 Å². The van der Waals surface area contributed by atoms with E-state index in [4.69, 9.17) is 9.97 Å². The summed E-state index contributed by atoms with van der Waals surface area (Å²) < 4.78 is 2.42. The number of nitrogens with zero attached hydrogens (tertiary/aromatic N) is 5. The van der Waals surface area contributed by atoms with Gasteiger partial charge in [-0.05, 0) is 90.7 Å². The molecule has 3 aromatic heterocycles. The molecule has 1 aliphatic carbocycles.